The molecule has 442 valence electrons. The number of carbonyl (C=O) groups is 3. The second-order valence-corrected chi connectivity index (χ2v) is 21.6. The predicted octanol–water partition coefficient (Wildman–Crippen LogP) is 22.4. The number of carbonyl (C=O) groups excluding carboxylic acids is 3. The van der Waals surface area contributed by atoms with E-state index in [0.717, 1.165) is 122 Å². The van der Waals surface area contributed by atoms with Crippen LogP contribution < -0.4 is 0 Å². The zero-order valence-electron chi connectivity index (χ0n) is 50.7. The van der Waals surface area contributed by atoms with Gasteiger partial charge < -0.3 is 14.2 Å². The molecule has 0 aromatic rings. The fourth-order valence-corrected chi connectivity index (χ4v) is 9.25. The molecule has 0 fully saturated rings. The second kappa shape index (κ2) is 64.9. The first-order chi connectivity index (χ1) is 38.0. The largest absolute Gasteiger partial charge is 0.462 e. The molecule has 0 aromatic carbocycles. The van der Waals surface area contributed by atoms with Crippen molar-refractivity contribution in [2.75, 3.05) is 13.2 Å². The topological polar surface area (TPSA) is 78.9 Å². The lowest BCUT2D eigenvalue weighted by molar-refractivity contribution is -0.167. The molecule has 0 radical (unpaired) electrons. The standard InChI is InChI=1S/C71H122O6/c1-4-7-10-13-15-17-19-21-23-25-27-29-30-31-32-33-34-35-36-37-38-39-40-42-43-45-47-49-51-53-55-58-61-64-70(73)76-67-68(66-75-69(72)63-60-57-12-9-6-3)77-71(74)65-62-59-56-54-52-50-48-46-44-41-28-26-24-22-20-18-16-14-11-8-5-2/h7-8,10-11,15-18,21-24,27-29,41,68H,4-6,9,12-14,19-20,25-26,30-40,42-67H2,1-3H3/b10-7-,11-8-,17-15-,18-16-,23-21-,24-22-,29-27-,41-28-. The highest BCUT2D eigenvalue weighted by Gasteiger charge is 2.19. The van der Waals surface area contributed by atoms with E-state index in [9.17, 15) is 14.4 Å². The molecule has 6 nitrogen and oxygen atoms in total. The molecule has 0 heterocycles. The van der Waals surface area contributed by atoms with Crippen molar-refractivity contribution in [2.45, 2.75) is 322 Å². The van der Waals surface area contributed by atoms with Gasteiger partial charge in [-0.15, -0.1) is 0 Å². The summed E-state index contributed by atoms with van der Waals surface area (Å²) >= 11 is 0. The molecule has 1 atom stereocenters. The lowest BCUT2D eigenvalue weighted by Gasteiger charge is -2.18. The van der Waals surface area contributed by atoms with Gasteiger partial charge in [-0.2, -0.15) is 0 Å². The van der Waals surface area contributed by atoms with Gasteiger partial charge >= 0.3 is 17.9 Å². The Labute approximate surface area is 477 Å². The Morgan fingerprint density at radius 1 is 0.273 bits per heavy atom. The number of ether oxygens (including phenoxy) is 3. The van der Waals surface area contributed by atoms with Crippen LogP contribution in [0.4, 0.5) is 0 Å². The lowest BCUT2D eigenvalue weighted by Crippen LogP contribution is -2.30. The van der Waals surface area contributed by atoms with Gasteiger partial charge in [-0.05, 0) is 96.3 Å². The van der Waals surface area contributed by atoms with Gasteiger partial charge in [-0.25, -0.2) is 0 Å². The van der Waals surface area contributed by atoms with Gasteiger partial charge in [0.15, 0.2) is 6.10 Å². The maximum absolute atomic E-state index is 12.8. The molecule has 0 aliphatic rings. The smallest absolute Gasteiger partial charge is 0.306 e. The number of hydrogen-bond donors (Lipinski definition) is 0. The van der Waals surface area contributed by atoms with Crippen molar-refractivity contribution in [1.82, 2.24) is 0 Å². The monoisotopic (exact) mass is 1070 g/mol. The number of unbranched alkanes of at least 4 members (excludes halogenated alkanes) is 32. The summed E-state index contributed by atoms with van der Waals surface area (Å²) in [5.41, 5.74) is 0. The quantitative estimate of drug-likeness (QED) is 0.0261. The van der Waals surface area contributed by atoms with E-state index >= 15 is 0 Å². The summed E-state index contributed by atoms with van der Waals surface area (Å²) in [6, 6.07) is 0. The van der Waals surface area contributed by atoms with Crippen LogP contribution >= 0.6 is 0 Å². The molecule has 0 aromatic heterocycles. The zero-order chi connectivity index (χ0) is 55.7. The number of allylic oxidation sites excluding steroid dienone is 16. The number of esters is 3. The van der Waals surface area contributed by atoms with Gasteiger partial charge in [0, 0.05) is 19.3 Å². The summed E-state index contributed by atoms with van der Waals surface area (Å²) in [5, 5.41) is 0. The van der Waals surface area contributed by atoms with E-state index in [2.05, 4.69) is 118 Å². The van der Waals surface area contributed by atoms with Crippen LogP contribution in [0.5, 0.6) is 0 Å². The third kappa shape index (κ3) is 63.0. The van der Waals surface area contributed by atoms with E-state index in [0.29, 0.717) is 19.3 Å². The Morgan fingerprint density at radius 3 is 0.792 bits per heavy atom. The van der Waals surface area contributed by atoms with Gasteiger partial charge in [0.1, 0.15) is 13.2 Å². The summed E-state index contributed by atoms with van der Waals surface area (Å²) < 4.78 is 16.8. The Balaban J connectivity index is 3.96. The Bertz CT molecular complexity index is 1510. The Morgan fingerprint density at radius 2 is 0.506 bits per heavy atom. The average molecular weight is 1070 g/mol. The van der Waals surface area contributed by atoms with Gasteiger partial charge in [0.2, 0.25) is 0 Å². The molecule has 0 saturated heterocycles. The molecule has 0 aliphatic carbocycles. The minimum atomic E-state index is -0.777. The second-order valence-electron chi connectivity index (χ2n) is 21.6. The van der Waals surface area contributed by atoms with Gasteiger partial charge in [0.05, 0.1) is 0 Å². The van der Waals surface area contributed by atoms with Crippen molar-refractivity contribution in [3.8, 4) is 0 Å². The van der Waals surface area contributed by atoms with Crippen LogP contribution in [0.25, 0.3) is 0 Å². The Kier molecular flexibility index (Phi) is 61.8. The third-order valence-corrected chi connectivity index (χ3v) is 14.1. The van der Waals surface area contributed by atoms with Gasteiger partial charge in [0.25, 0.3) is 0 Å². The van der Waals surface area contributed by atoms with Crippen molar-refractivity contribution < 1.29 is 28.6 Å². The highest BCUT2D eigenvalue weighted by Crippen LogP contribution is 2.17. The van der Waals surface area contributed by atoms with Gasteiger partial charge in [-0.1, -0.05) is 298 Å². The summed E-state index contributed by atoms with van der Waals surface area (Å²) in [6.45, 7) is 6.35. The average Bonchev–Trinajstić information content (AvgIpc) is 3.43. The van der Waals surface area contributed by atoms with Crippen molar-refractivity contribution in [3.63, 3.8) is 0 Å². The predicted molar refractivity (Wildman–Crippen MR) is 334 cm³/mol. The minimum Gasteiger partial charge on any atom is -0.462 e. The fraction of sp³-hybridized carbons (Fsp3) is 0.732. The van der Waals surface area contributed by atoms with Gasteiger partial charge in [-0.3, -0.25) is 14.4 Å². The van der Waals surface area contributed by atoms with Crippen molar-refractivity contribution in [3.05, 3.63) is 97.2 Å². The molecule has 0 amide bonds. The first-order valence-electron chi connectivity index (χ1n) is 32.7. The van der Waals surface area contributed by atoms with Crippen LogP contribution in [-0.4, -0.2) is 37.2 Å². The molecule has 77 heavy (non-hydrogen) atoms. The van der Waals surface area contributed by atoms with Crippen molar-refractivity contribution in [1.29, 1.82) is 0 Å². The lowest BCUT2D eigenvalue weighted by atomic mass is 10.0. The van der Waals surface area contributed by atoms with E-state index in [4.69, 9.17) is 14.2 Å². The van der Waals surface area contributed by atoms with Crippen LogP contribution in [-0.2, 0) is 28.6 Å². The molecule has 0 N–H and O–H groups in total. The van der Waals surface area contributed by atoms with E-state index in [1.165, 1.54) is 154 Å². The molecule has 0 rings (SSSR count). The molecule has 0 spiro atoms. The maximum atomic E-state index is 12.8. The van der Waals surface area contributed by atoms with Crippen LogP contribution in [0, 0.1) is 0 Å². The summed E-state index contributed by atoms with van der Waals surface area (Å²) in [5.74, 6) is -0.889. The zero-order valence-corrected chi connectivity index (χ0v) is 50.7. The van der Waals surface area contributed by atoms with Crippen LogP contribution in [0.3, 0.4) is 0 Å². The fourth-order valence-electron chi connectivity index (χ4n) is 9.25. The molecule has 0 bridgehead atoms. The molecule has 0 saturated carbocycles. The highest BCUT2D eigenvalue weighted by atomic mass is 16.6. The Hall–Kier alpha value is -3.67. The molecular formula is C71H122O6. The van der Waals surface area contributed by atoms with Crippen LogP contribution in [0.2, 0.25) is 0 Å². The van der Waals surface area contributed by atoms with E-state index in [-0.39, 0.29) is 31.1 Å². The first-order valence-corrected chi connectivity index (χ1v) is 32.7. The SMILES string of the molecule is CC/C=C\C/C=C\C/C=C\C/C=C\CCCCCCCCCCCCCCCCCCCCCCC(=O)OCC(COC(=O)CCCCCCC)OC(=O)CCCCCCCCCC/C=C\C/C=C\C/C=C\C/C=C\CC. The summed E-state index contributed by atoms with van der Waals surface area (Å²) in [7, 11) is 0. The third-order valence-electron chi connectivity index (χ3n) is 14.1. The highest BCUT2D eigenvalue weighted by molar-refractivity contribution is 5.71. The summed E-state index contributed by atoms with van der Waals surface area (Å²) in [6.07, 6.45) is 87.7. The molecular weight excluding hydrogens is 949 g/mol. The normalized spacial score (nSPS) is 12.7. The first kappa shape index (κ1) is 73.3. The van der Waals surface area contributed by atoms with Crippen LogP contribution in [0.15, 0.2) is 97.2 Å². The molecule has 1 unspecified atom stereocenters. The van der Waals surface area contributed by atoms with Crippen LogP contribution in [0.1, 0.15) is 316 Å². The van der Waals surface area contributed by atoms with E-state index in [1.807, 2.05) is 0 Å². The number of hydrogen-bond acceptors (Lipinski definition) is 6. The van der Waals surface area contributed by atoms with E-state index in [1.54, 1.807) is 0 Å². The molecule has 0 aliphatic heterocycles. The van der Waals surface area contributed by atoms with Crippen molar-refractivity contribution >= 4 is 17.9 Å². The van der Waals surface area contributed by atoms with E-state index < -0.39 is 6.10 Å². The molecule has 6 heteroatoms. The minimum absolute atomic E-state index is 0.0774. The summed E-state index contributed by atoms with van der Waals surface area (Å²) in [4.78, 5) is 37.9. The van der Waals surface area contributed by atoms with Crippen molar-refractivity contribution in [2.24, 2.45) is 0 Å². The number of rotatable bonds is 59. The maximum Gasteiger partial charge on any atom is 0.306 e.